The number of piperidine rings is 1. The van der Waals surface area contributed by atoms with Crippen LogP contribution in [-0.2, 0) is 11.3 Å². The van der Waals surface area contributed by atoms with Gasteiger partial charge < -0.3 is 19.5 Å². The van der Waals surface area contributed by atoms with E-state index >= 15 is 0 Å². The van der Waals surface area contributed by atoms with Crippen LogP contribution in [0.2, 0.25) is 0 Å². The highest BCUT2D eigenvalue weighted by Crippen LogP contribution is 2.35. The first-order chi connectivity index (χ1) is 18.9. The molecule has 2 bridgehead atoms. The molecule has 2 atom stereocenters. The number of halogens is 1. The summed E-state index contributed by atoms with van der Waals surface area (Å²) in [7, 11) is 0. The number of benzene rings is 2. The van der Waals surface area contributed by atoms with E-state index in [1.807, 2.05) is 10.6 Å². The van der Waals surface area contributed by atoms with Crippen LogP contribution in [0.5, 0.6) is 5.75 Å². The molecule has 39 heavy (non-hydrogen) atoms. The van der Waals surface area contributed by atoms with E-state index in [1.165, 1.54) is 18.2 Å². The number of fused-ring (bicyclic) bond motifs is 4. The van der Waals surface area contributed by atoms with E-state index in [2.05, 4.69) is 12.2 Å². The van der Waals surface area contributed by atoms with Crippen LogP contribution >= 0.6 is 0 Å². The van der Waals surface area contributed by atoms with Crippen molar-refractivity contribution in [2.24, 2.45) is 5.92 Å². The Labute approximate surface area is 226 Å². The summed E-state index contributed by atoms with van der Waals surface area (Å²) in [5, 5.41) is 2.78. The van der Waals surface area contributed by atoms with Gasteiger partial charge in [-0.15, -0.1) is 0 Å². The molecule has 3 aromatic rings. The van der Waals surface area contributed by atoms with Crippen LogP contribution in [0.15, 0.2) is 77.2 Å². The van der Waals surface area contributed by atoms with Crippen molar-refractivity contribution in [1.82, 2.24) is 14.8 Å². The Kier molecular flexibility index (Phi) is 7.91. The summed E-state index contributed by atoms with van der Waals surface area (Å²) in [4.78, 5) is 41.1. The van der Waals surface area contributed by atoms with Crippen molar-refractivity contribution in [2.75, 3.05) is 19.7 Å². The Bertz CT molecular complexity index is 1450. The fourth-order valence-corrected chi connectivity index (χ4v) is 5.38. The summed E-state index contributed by atoms with van der Waals surface area (Å²) in [5.74, 6) is -0.386. The number of amides is 2. The zero-order valence-corrected chi connectivity index (χ0v) is 21.9. The van der Waals surface area contributed by atoms with Crippen LogP contribution < -0.4 is 15.6 Å². The van der Waals surface area contributed by atoms with Gasteiger partial charge in [-0.1, -0.05) is 31.5 Å². The van der Waals surface area contributed by atoms with Gasteiger partial charge in [0, 0.05) is 42.9 Å². The average Bonchev–Trinajstić information content (AvgIpc) is 2.93. The molecule has 3 heterocycles. The molecule has 1 aromatic heterocycles. The molecule has 0 radical (unpaired) electrons. The predicted molar refractivity (Wildman–Crippen MR) is 147 cm³/mol. The number of nitrogens with zero attached hydrogens (tertiary/aromatic N) is 2. The first kappa shape index (κ1) is 26.4. The number of unbranched alkanes of at least 4 members (excludes halogenated alkanes) is 1. The molecule has 202 valence electrons. The predicted octanol–water partition coefficient (Wildman–Crippen LogP) is 4.58. The monoisotopic (exact) mass is 529 g/mol. The molecule has 2 amide bonds. The van der Waals surface area contributed by atoms with Crippen molar-refractivity contribution in [3.8, 4) is 5.75 Å². The highest BCUT2D eigenvalue weighted by molar-refractivity contribution is 6.05. The molecular weight excluding hydrogens is 497 g/mol. The van der Waals surface area contributed by atoms with E-state index in [4.69, 9.17) is 4.74 Å². The first-order valence-corrected chi connectivity index (χ1v) is 13.4. The number of likely N-dealkylation sites (tertiary alicyclic amines) is 1. The molecule has 5 rings (SSSR count). The zero-order valence-electron chi connectivity index (χ0n) is 21.9. The van der Waals surface area contributed by atoms with Gasteiger partial charge in [0.2, 0.25) is 0 Å². The van der Waals surface area contributed by atoms with Gasteiger partial charge in [-0.3, -0.25) is 14.4 Å². The summed E-state index contributed by atoms with van der Waals surface area (Å²) in [6, 6.07) is 17.9. The minimum absolute atomic E-state index is 0.0253. The van der Waals surface area contributed by atoms with E-state index in [0.717, 1.165) is 25.0 Å². The molecule has 0 spiro atoms. The Morgan fingerprint density at radius 1 is 1.05 bits per heavy atom. The van der Waals surface area contributed by atoms with Crippen molar-refractivity contribution < 1.29 is 18.7 Å². The Hall–Kier alpha value is -4.20. The third-order valence-electron chi connectivity index (χ3n) is 7.29. The largest absolute Gasteiger partial charge is 0.494 e. The molecule has 0 saturated carbocycles. The van der Waals surface area contributed by atoms with E-state index in [1.54, 1.807) is 53.4 Å². The number of carbonyl (C=O) groups is 2. The highest BCUT2D eigenvalue weighted by Gasteiger charge is 2.37. The SMILES string of the molecule is CCCCOc1ccc(C(=O)NC(=Cc2cccc(F)c2)C(=O)N2CC3CC(C2)c2cccc(=O)n2C3)cc1. The Morgan fingerprint density at radius 2 is 1.85 bits per heavy atom. The van der Waals surface area contributed by atoms with Gasteiger partial charge in [0.05, 0.1) is 6.61 Å². The van der Waals surface area contributed by atoms with Crippen LogP contribution in [0.1, 0.15) is 53.7 Å². The molecular formula is C31H32FN3O4. The minimum atomic E-state index is -0.444. The number of hydrogen-bond acceptors (Lipinski definition) is 4. The summed E-state index contributed by atoms with van der Waals surface area (Å²) >= 11 is 0. The molecule has 7 nitrogen and oxygen atoms in total. The molecule has 1 fully saturated rings. The van der Waals surface area contributed by atoms with Crippen molar-refractivity contribution in [3.63, 3.8) is 0 Å². The fourth-order valence-electron chi connectivity index (χ4n) is 5.38. The lowest BCUT2D eigenvalue weighted by atomic mass is 9.83. The third kappa shape index (κ3) is 6.11. The normalized spacial score (nSPS) is 18.3. The minimum Gasteiger partial charge on any atom is -0.494 e. The van der Waals surface area contributed by atoms with E-state index in [9.17, 15) is 18.8 Å². The number of rotatable bonds is 8. The second-order valence-corrected chi connectivity index (χ2v) is 10.2. The van der Waals surface area contributed by atoms with Crippen molar-refractivity contribution in [3.05, 3.63) is 105 Å². The quantitative estimate of drug-likeness (QED) is 0.342. The number of carbonyl (C=O) groups excluding carboxylic acids is 2. The maximum atomic E-state index is 13.9. The molecule has 2 aromatic carbocycles. The lowest BCUT2D eigenvalue weighted by Crippen LogP contribution is -2.50. The van der Waals surface area contributed by atoms with Gasteiger partial charge in [0.25, 0.3) is 17.4 Å². The van der Waals surface area contributed by atoms with Gasteiger partial charge in [0.1, 0.15) is 17.3 Å². The number of aromatic nitrogens is 1. The maximum absolute atomic E-state index is 13.9. The molecule has 1 saturated heterocycles. The molecule has 1 N–H and O–H groups in total. The second kappa shape index (κ2) is 11.7. The Morgan fingerprint density at radius 3 is 2.62 bits per heavy atom. The van der Waals surface area contributed by atoms with Crippen molar-refractivity contribution in [1.29, 1.82) is 0 Å². The van der Waals surface area contributed by atoms with Gasteiger partial charge >= 0.3 is 0 Å². The third-order valence-corrected chi connectivity index (χ3v) is 7.29. The van der Waals surface area contributed by atoms with Gasteiger partial charge in [-0.25, -0.2) is 4.39 Å². The summed E-state index contributed by atoms with van der Waals surface area (Å²) in [5.41, 5.74) is 1.81. The highest BCUT2D eigenvalue weighted by atomic mass is 19.1. The van der Waals surface area contributed by atoms with Gasteiger partial charge in [-0.2, -0.15) is 0 Å². The van der Waals surface area contributed by atoms with E-state index in [-0.39, 0.29) is 29.0 Å². The summed E-state index contributed by atoms with van der Waals surface area (Å²) < 4.78 is 21.4. The van der Waals surface area contributed by atoms with Crippen LogP contribution in [0.25, 0.3) is 6.08 Å². The lowest BCUT2D eigenvalue weighted by Gasteiger charge is -2.43. The number of hydrogen-bond donors (Lipinski definition) is 1. The molecule has 8 heteroatoms. The van der Waals surface area contributed by atoms with Gasteiger partial charge in [0.15, 0.2) is 0 Å². The maximum Gasteiger partial charge on any atom is 0.270 e. The zero-order chi connectivity index (χ0) is 27.4. The molecule has 2 aliphatic heterocycles. The molecule has 0 aliphatic carbocycles. The van der Waals surface area contributed by atoms with Gasteiger partial charge in [-0.05, 0) is 72.9 Å². The summed E-state index contributed by atoms with van der Waals surface area (Å²) in [6.07, 6.45) is 4.38. The molecule has 2 aliphatic rings. The van der Waals surface area contributed by atoms with Crippen molar-refractivity contribution >= 4 is 17.9 Å². The smallest absolute Gasteiger partial charge is 0.270 e. The van der Waals surface area contributed by atoms with Crippen LogP contribution in [-0.4, -0.2) is 41.0 Å². The number of pyridine rings is 1. The molecule has 2 unspecified atom stereocenters. The van der Waals surface area contributed by atoms with E-state index < -0.39 is 11.7 Å². The van der Waals surface area contributed by atoms with Crippen LogP contribution in [0.3, 0.4) is 0 Å². The number of nitrogens with one attached hydrogen (secondary N) is 1. The lowest BCUT2D eigenvalue weighted by molar-refractivity contribution is -0.130. The first-order valence-electron chi connectivity index (χ1n) is 13.4. The summed E-state index contributed by atoms with van der Waals surface area (Å²) in [6.45, 7) is 4.14. The van der Waals surface area contributed by atoms with Crippen LogP contribution in [0.4, 0.5) is 4.39 Å². The van der Waals surface area contributed by atoms with Crippen LogP contribution in [0, 0.1) is 11.7 Å². The Balaban J connectivity index is 1.38. The van der Waals surface area contributed by atoms with Crippen molar-refractivity contribution in [2.45, 2.75) is 38.6 Å². The topological polar surface area (TPSA) is 80.6 Å². The number of ether oxygens (including phenoxy) is 1. The fraction of sp³-hybridized carbons (Fsp3) is 0.323. The van der Waals surface area contributed by atoms with E-state index in [0.29, 0.717) is 43.1 Å². The average molecular weight is 530 g/mol. The standard InChI is InChI=1S/C31H32FN3O4/c1-2-3-14-39-26-12-10-23(11-13-26)30(37)33-27(17-21-6-4-7-25(32)16-21)31(38)34-18-22-15-24(20-34)28-8-5-9-29(36)35(28)19-22/h4-13,16-17,22,24H,2-3,14-15,18-20H2,1H3,(H,33,37). The second-order valence-electron chi connectivity index (χ2n) is 10.2.